The zero-order valence-electron chi connectivity index (χ0n) is 17.7. The number of carbonyl (C=O) groups excluding carboxylic acids is 2. The summed E-state index contributed by atoms with van der Waals surface area (Å²) in [5.41, 5.74) is 2.04. The van der Waals surface area contributed by atoms with Gasteiger partial charge in [0.05, 0.1) is 21.9 Å². The highest BCUT2D eigenvalue weighted by molar-refractivity contribution is 6.00. The summed E-state index contributed by atoms with van der Waals surface area (Å²) < 4.78 is 14.5. The number of nitrogens with zero attached hydrogens (tertiary/aromatic N) is 4. The normalized spacial score (nSPS) is 16.3. The van der Waals surface area contributed by atoms with Crippen molar-refractivity contribution in [2.24, 2.45) is 0 Å². The standard InChI is InChI=1S/C23H25FN4O4/c24-20-15-17(7-14-29)3-5-22(20)26-10-12-27(13-11-26)23(30)19-16-18(28(31)32)4-6-21(19)25-8-1-2-9-25/h3-6,14-16H,1-2,7-13H2. The molecule has 0 radical (unpaired) electrons. The number of non-ortho nitro benzene ring substituents is 1. The molecular formula is C23H25FN4O4. The van der Waals surface area contributed by atoms with Crippen LogP contribution in [0, 0.1) is 15.9 Å². The van der Waals surface area contributed by atoms with Gasteiger partial charge in [-0.3, -0.25) is 14.9 Å². The lowest BCUT2D eigenvalue weighted by molar-refractivity contribution is -0.384. The first-order valence-electron chi connectivity index (χ1n) is 10.8. The molecule has 0 saturated carbocycles. The second-order valence-electron chi connectivity index (χ2n) is 8.09. The van der Waals surface area contributed by atoms with Crippen LogP contribution in [0.3, 0.4) is 0 Å². The number of halogens is 1. The van der Waals surface area contributed by atoms with Gasteiger partial charge in [-0.05, 0) is 36.6 Å². The second kappa shape index (κ2) is 9.33. The summed E-state index contributed by atoms with van der Waals surface area (Å²) in [6, 6.07) is 9.25. The molecule has 0 bridgehead atoms. The maximum absolute atomic E-state index is 14.5. The van der Waals surface area contributed by atoms with E-state index >= 15 is 0 Å². The van der Waals surface area contributed by atoms with Gasteiger partial charge in [0.2, 0.25) is 0 Å². The van der Waals surface area contributed by atoms with Crippen LogP contribution in [0.15, 0.2) is 36.4 Å². The quantitative estimate of drug-likeness (QED) is 0.390. The number of benzene rings is 2. The third-order valence-corrected chi connectivity index (χ3v) is 6.11. The predicted molar refractivity (Wildman–Crippen MR) is 119 cm³/mol. The van der Waals surface area contributed by atoms with Gasteiger partial charge in [0.1, 0.15) is 12.1 Å². The summed E-state index contributed by atoms with van der Waals surface area (Å²) in [6.45, 7) is 3.32. The van der Waals surface area contributed by atoms with Crippen LogP contribution in [0.2, 0.25) is 0 Å². The van der Waals surface area contributed by atoms with Crippen LogP contribution in [-0.2, 0) is 11.2 Å². The van der Waals surface area contributed by atoms with Gasteiger partial charge < -0.3 is 19.5 Å². The van der Waals surface area contributed by atoms with Gasteiger partial charge in [-0.1, -0.05) is 6.07 Å². The van der Waals surface area contributed by atoms with E-state index < -0.39 is 4.92 Å². The van der Waals surface area contributed by atoms with Crippen LogP contribution in [0.1, 0.15) is 28.8 Å². The summed E-state index contributed by atoms with van der Waals surface area (Å²) in [4.78, 5) is 40.4. The van der Waals surface area contributed by atoms with Crippen molar-refractivity contribution in [3.63, 3.8) is 0 Å². The summed E-state index contributed by atoms with van der Waals surface area (Å²) in [6.07, 6.45) is 2.96. The molecule has 8 nitrogen and oxygen atoms in total. The molecule has 0 aromatic heterocycles. The smallest absolute Gasteiger partial charge is 0.270 e. The van der Waals surface area contributed by atoms with Gasteiger partial charge in [-0.15, -0.1) is 0 Å². The van der Waals surface area contributed by atoms with Crippen molar-refractivity contribution in [1.29, 1.82) is 0 Å². The molecule has 2 aromatic carbocycles. The molecule has 32 heavy (non-hydrogen) atoms. The SMILES string of the molecule is O=CCc1ccc(N2CCN(C(=O)c3cc([N+](=O)[O-])ccc3N3CCCC3)CC2)c(F)c1. The van der Waals surface area contributed by atoms with Crippen molar-refractivity contribution < 1.29 is 18.9 Å². The lowest BCUT2D eigenvalue weighted by Crippen LogP contribution is -2.49. The molecule has 0 atom stereocenters. The van der Waals surface area contributed by atoms with E-state index in [0.717, 1.165) is 37.9 Å². The molecule has 0 unspecified atom stereocenters. The Morgan fingerprint density at radius 2 is 1.62 bits per heavy atom. The molecule has 1 amide bonds. The average Bonchev–Trinajstić information content (AvgIpc) is 3.33. The zero-order valence-corrected chi connectivity index (χ0v) is 17.7. The summed E-state index contributed by atoms with van der Waals surface area (Å²) >= 11 is 0. The van der Waals surface area contributed by atoms with Crippen molar-refractivity contribution in [1.82, 2.24) is 4.90 Å². The van der Waals surface area contributed by atoms with Crippen molar-refractivity contribution in [2.45, 2.75) is 19.3 Å². The number of anilines is 2. The Kier molecular flexibility index (Phi) is 6.34. The Labute approximate surface area is 185 Å². The maximum atomic E-state index is 14.5. The molecule has 2 aliphatic heterocycles. The fourth-order valence-electron chi connectivity index (χ4n) is 4.39. The third kappa shape index (κ3) is 4.42. The van der Waals surface area contributed by atoms with Gasteiger partial charge in [0, 0.05) is 57.8 Å². The monoisotopic (exact) mass is 440 g/mol. The minimum atomic E-state index is -0.487. The van der Waals surface area contributed by atoms with Crippen LogP contribution in [0.5, 0.6) is 0 Å². The van der Waals surface area contributed by atoms with Gasteiger partial charge in [-0.2, -0.15) is 0 Å². The third-order valence-electron chi connectivity index (χ3n) is 6.11. The van der Waals surface area contributed by atoms with Crippen LogP contribution < -0.4 is 9.80 Å². The number of carbonyl (C=O) groups is 2. The first-order valence-corrected chi connectivity index (χ1v) is 10.8. The highest BCUT2D eigenvalue weighted by Gasteiger charge is 2.28. The second-order valence-corrected chi connectivity index (χ2v) is 8.09. The van der Waals surface area contributed by atoms with E-state index in [4.69, 9.17) is 0 Å². The zero-order chi connectivity index (χ0) is 22.7. The minimum absolute atomic E-state index is 0.104. The summed E-state index contributed by atoms with van der Waals surface area (Å²) in [5, 5.41) is 11.3. The fourth-order valence-corrected chi connectivity index (χ4v) is 4.39. The van der Waals surface area contributed by atoms with Gasteiger partial charge >= 0.3 is 0 Å². The molecule has 2 aromatic rings. The van der Waals surface area contributed by atoms with E-state index in [2.05, 4.69) is 4.90 Å². The van der Waals surface area contributed by atoms with E-state index in [9.17, 15) is 24.1 Å². The number of amides is 1. The lowest BCUT2D eigenvalue weighted by atomic mass is 10.1. The molecule has 0 N–H and O–H groups in total. The van der Waals surface area contributed by atoms with E-state index in [1.54, 1.807) is 23.1 Å². The number of nitro benzene ring substituents is 1. The Bertz CT molecular complexity index is 1030. The van der Waals surface area contributed by atoms with Crippen LogP contribution in [-0.4, -0.2) is 61.3 Å². The lowest BCUT2D eigenvalue weighted by Gasteiger charge is -2.36. The first-order chi connectivity index (χ1) is 15.5. The Morgan fingerprint density at radius 1 is 0.969 bits per heavy atom. The first kappa shape index (κ1) is 21.7. The van der Waals surface area contributed by atoms with E-state index in [-0.39, 0.29) is 23.8 Å². The number of aldehydes is 1. The van der Waals surface area contributed by atoms with E-state index in [0.29, 0.717) is 43.0 Å². The van der Waals surface area contributed by atoms with Crippen LogP contribution in [0.4, 0.5) is 21.5 Å². The Morgan fingerprint density at radius 3 is 2.25 bits per heavy atom. The van der Waals surface area contributed by atoms with Gasteiger partial charge in [0.25, 0.3) is 11.6 Å². The molecule has 2 saturated heterocycles. The van der Waals surface area contributed by atoms with Crippen molar-refractivity contribution in [3.05, 3.63) is 63.5 Å². The predicted octanol–water partition coefficient (Wildman–Crippen LogP) is 3.04. The Hall–Kier alpha value is -3.49. The minimum Gasteiger partial charge on any atom is -0.371 e. The number of rotatable bonds is 6. The number of nitro groups is 1. The maximum Gasteiger partial charge on any atom is 0.270 e. The number of hydrogen-bond donors (Lipinski definition) is 0. The van der Waals surface area contributed by atoms with Gasteiger partial charge in [0.15, 0.2) is 0 Å². The van der Waals surface area contributed by atoms with E-state index in [1.807, 2.05) is 4.90 Å². The molecule has 2 fully saturated rings. The largest absolute Gasteiger partial charge is 0.371 e. The number of hydrogen-bond acceptors (Lipinski definition) is 6. The summed E-state index contributed by atoms with van der Waals surface area (Å²) in [7, 11) is 0. The fraction of sp³-hybridized carbons (Fsp3) is 0.391. The topological polar surface area (TPSA) is 87.0 Å². The summed E-state index contributed by atoms with van der Waals surface area (Å²) in [5.74, 6) is -0.629. The molecule has 4 rings (SSSR count). The highest BCUT2D eigenvalue weighted by atomic mass is 19.1. The molecular weight excluding hydrogens is 415 g/mol. The molecule has 2 heterocycles. The van der Waals surface area contributed by atoms with Crippen molar-refractivity contribution >= 4 is 29.3 Å². The molecule has 2 aliphatic rings. The van der Waals surface area contributed by atoms with Crippen molar-refractivity contribution in [2.75, 3.05) is 49.1 Å². The molecule has 0 spiro atoms. The molecule has 0 aliphatic carbocycles. The van der Waals surface area contributed by atoms with Crippen LogP contribution in [0.25, 0.3) is 0 Å². The van der Waals surface area contributed by atoms with Gasteiger partial charge in [-0.25, -0.2) is 4.39 Å². The van der Waals surface area contributed by atoms with E-state index in [1.165, 1.54) is 18.2 Å². The molecule has 168 valence electrons. The number of piperazine rings is 1. The van der Waals surface area contributed by atoms with Crippen molar-refractivity contribution in [3.8, 4) is 0 Å². The molecule has 9 heteroatoms. The Balaban J connectivity index is 1.50. The average molecular weight is 440 g/mol. The van der Waals surface area contributed by atoms with Crippen LogP contribution >= 0.6 is 0 Å². The highest BCUT2D eigenvalue weighted by Crippen LogP contribution is 2.30.